The van der Waals surface area contributed by atoms with E-state index in [2.05, 4.69) is 18.8 Å². The van der Waals surface area contributed by atoms with Gasteiger partial charge >= 0.3 is 0 Å². The van der Waals surface area contributed by atoms with E-state index in [0.717, 1.165) is 38.9 Å². The summed E-state index contributed by atoms with van der Waals surface area (Å²) in [5.41, 5.74) is 1.35. The molecule has 2 unspecified atom stereocenters. The molecule has 0 radical (unpaired) electrons. The first-order chi connectivity index (χ1) is 16.8. The van der Waals surface area contributed by atoms with Crippen LogP contribution in [0.15, 0.2) is 30.5 Å². The Morgan fingerprint density at radius 3 is 2.74 bits per heavy atom. The number of hydrogen-bond acceptors (Lipinski definition) is 5. The molecule has 3 rings (SSSR count). The summed E-state index contributed by atoms with van der Waals surface area (Å²) in [5, 5.41) is 0.0107. The van der Waals surface area contributed by atoms with E-state index in [0.29, 0.717) is 35.0 Å². The lowest BCUT2D eigenvalue weighted by Gasteiger charge is -2.28. The fourth-order valence-corrected chi connectivity index (χ4v) is 4.51. The third kappa shape index (κ3) is 7.48. The van der Waals surface area contributed by atoms with E-state index < -0.39 is 5.82 Å². The minimum atomic E-state index is -0.503. The number of Topliss-reactive ketones (excluding diaryl/α,β-unsaturated/α-hetero) is 1. The van der Waals surface area contributed by atoms with Gasteiger partial charge < -0.3 is 9.47 Å². The zero-order valence-electron chi connectivity index (χ0n) is 20.7. The van der Waals surface area contributed by atoms with Crippen molar-refractivity contribution in [3.63, 3.8) is 0 Å². The Morgan fingerprint density at radius 2 is 2.03 bits per heavy atom. The van der Waals surface area contributed by atoms with Crippen LogP contribution in [-0.4, -0.2) is 43.0 Å². The molecule has 6 nitrogen and oxygen atoms in total. The molecular weight excluding hydrogens is 471 g/mol. The van der Waals surface area contributed by atoms with Crippen LogP contribution in [0.3, 0.4) is 0 Å². The second kappa shape index (κ2) is 13.0. The number of carbonyl (C=O) groups is 2. The van der Waals surface area contributed by atoms with Gasteiger partial charge in [-0.15, -0.1) is 0 Å². The summed E-state index contributed by atoms with van der Waals surface area (Å²) in [4.78, 5) is 31.2. The van der Waals surface area contributed by atoms with Crippen LogP contribution in [0.4, 0.5) is 10.2 Å². The summed E-state index contributed by atoms with van der Waals surface area (Å²) < 4.78 is 24.7. The molecule has 2 heterocycles. The van der Waals surface area contributed by atoms with Gasteiger partial charge in [-0.25, -0.2) is 9.37 Å². The molecule has 0 spiro atoms. The summed E-state index contributed by atoms with van der Waals surface area (Å²) in [6, 6.07) is 6.12. The number of pyridine rings is 1. The molecule has 2 atom stereocenters. The molecule has 1 aliphatic rings. The monoisotopic (exact) mass is 504 g/mol. The number of aromatic nitrogens is 1. The van der Waals surface area contributed by atoms with E-state index in [-0.39, 0.29) is 35.8 Å². The van der Waals surface area contributed by atoms with Crippen molar-refractivity contribution in [2.75, 3.05) is 31.3 Å². The van der Waals surface area contributed by atoms with Crippen LogP contribution in [-0.2, 0) is 14.3 Å². The Hall–Kier alpha value is -2.51. The molecule has 35 heavy (non-hydrogen) atoms. The van der Waals surface area contributed by atoms with Crippen LogP contribution in [0, 0.1) is 17.7 Å². The summed E-state index contributed by atoms with van der Waals surface area (Å²) in [7, 11) is 0. The average Bonchev–Trinajstić information content (AvgIpc) is 2.84. The predicted molar refractivity (Wildman–Crippen MR) is 135 cm³/mol. The molecule has 8 heteroatoms. The number of ether oxygens (including phenoxy) is 2. The lowest BCUT2D eigenvalue weighted by molar-refractivity contribution is -0.125. The van der Waals surface area contributed by atoms with Crippen LogP contribution >= 0.6 is 11.6 Å². The van der Waals surface area contributed by atoms with E-state index in [1.165, 1.54) is 17.0 Å². The Labute approximate surface area is 211 Å². The maximum absolute atomic E-state index is 13.5. The molecule has 0 N–H and O–H groups in total. The van der Waals surface area contributed by atoms with E-state index in [9.17, 15) is 14.0 Å². The number of carbonyl (C=O) groups excluding carboxylic acids is 2. The first kappa shape index (κ1) is 27.1. The summed E-state index contributed by atoms with van der Waals surface area (Å²) in [6.45, 7) is 7.54. The Kier molecular flexibility index (Phi) is 10.0. The van der Waals surface area contributed by atoms with Gasteiger partial charge in [0, 0.05) is 31.4 Å². The van der Waals surface area contributed by atoms with Gasteiger partial charge in [0.1, 0.15) is 5.82 Å². The summed E-state index contributed by atoms with van der Waals surface area (Å²) >= 11 is 5.90. The van der Waals surface area contributed by atoms with Crippen LogP contribution < -0.4 is 9.64 Å². The fraction of sp³-hybridized carbons (Fsp3) is 0.519. The average molecular weight is 505 g/mol. The number of hydrogen-bond donors (Lipinski definition) is 0. The molecular formula is C27H34ClFN2O4. The molecule has 0 bridgehead atoms. The second-order valence-electron chi connectivity index (χ2n) is 9.18. The number of benzene rings is 1. The predicted octanol–water partition coefficient (Wildman–Crippen LogP) is 6.09. The van der Waals surface area contributed by atoms with Crippen molar-refractivity contribution in [2.45, 2.75) is 52.9 Å². The fourth-order valence-electron chi connectivity index (χ4n) is 4.33. The van der Waals surface area contributed by atoms with E-state index >= 15 is 0 Å². The molecule has 1 amide bonds. The molecule has 0 aliphatic carbocycles. The number of halogens is 2. The van der Waals surface area contributed by atoms with Gasteiger partial charge in [-0.3, -0.25) is 14.5 Å². The van der Waals surface area contributed by atoms with Gasteiger partial charge in [-0.2, -0.15) is 0 Å². The van der Waals surface area contributed by atoms with Crippen molar-refractivity contribution in [3.05, 3.63) is 41.3 Å². The number of ketones is 1. The molecule has 1 aliphatic heterocycles. The van der Waals surface area contributed by atoms with Gasteiger partial charge in [0.25, 0.3) is 5.91 Å². The van der Waals surface area contributed by atoms with Crippen molar-refractivity contribution >= 4 is 29.1 Å². The molecule has 190 valence electrons. The van der Waals surface area contributed by atoms with Crippen molar-refractivity contribution in [3.8, 4) is 16.9 Å². The van der Waals surface area contributed by atoms with E-state index in [1.54, 1.807) is 18.3 Å². The van der Waals surface area contributed by atoms with Gasteiger partial charge in [0.2, 0.25) is 0 Å². The van der Waals surface area contributed by atoms with Crippen molar-refractivity contribution in [1.29, 1.82) is 0 Å². The molecule has 0 fully saturated rings. The van der Waals surface area contributed by atoms with Gasteiger partial charge in [-0.1, -0.05) is 37.9 Å². The zero-order chi connectivity index (χ0) is 25.4. The standard InChI is InChI=1S/C27H34ClFN2O4/c1-4-6-19(16-34-5-2)8-7-18(3)11-22(32)15-31-26(33)17-35-25-13-21(14-30-27(25)31)20-9-10-24(29)23(28)12-20/h9-10,12-14,18-19H,4-8,11,15-17H2,1-3H3. The topological polar surface area (TPSA) is 68.7 Å². The minimum absolute atomic E-state index is 0.00765. The first-order valence-electron chi connectivity index (χ1n) is 12.3. The first-order valence-corrected chi connectivity index (χ1v) is 12.7. The number of nitrogens with zero attached hydrogens (tertiary/aromatic N) is 2. The Morgan fingerprint density at radius 1 is 1.23 bits per heavy atom. The van der Waals surface area contributed by atoms with E-state index in [1.807, 2.05) is 6.92 Å². The Bertz CT molecular complexity index is 1030. The summed E-state index contributed by atoms with van der Waals surface area (Å²) in [5.74, 6) is 0.644. The minimum Gasteiger partial charge on any atom is -0.480 e. The number of fused-ring (bicyclic) bond motifs is 1. The van der Waals surface area contributed by atoms with Gasteiger partial charge in [0.05, 0.1) is 11.6 Å². The van der Waals surface area contributed by atoms with Crippen molar-refractivity contribution < 1.29 is 23.5 Å². The van der Waals surface area contributed by atoms with Crippen LogP contribution in [0.5, 0.6) is 5.75 Å². The third-order valence-electron chi connectivity index (χ3n) is 6.23. The van der Waals surface area contributed by atoms with Gasteiger partial charge in [0.15, 0.2) is 24.0 Å². The molecule has 0 saturated heterocycles. The maximum atomic E-state index is 13.5. The SMILES string of the molecule is CCCC(CCC(C)CC(=O)CN1C(=O)COc2cc(-c3ccc(F)c(Cl)c3)cnc21)COCC. The van der Waals surface area contributed by atoms with Crippen LogP contribution in [0.1, 0.15) is 52.9 Å². The lowest BCUT2D eigenvalue weighted by atomic mass is 9.91. The second-order valence-corrected chi connectivity index (χ2v) is 9.59. The number of rotatable bonds is 13. The van der Waals surface area contributed by atoms with Crippen LogP contribution in [0.2, 0.25) is 5.02 Å². The smallest absolute Gasteiger partial charge is 0.266 e. The summed E-state index contributed by atoms with van der Waals surface area (Å²) in [6.07, 6.45) is 6.18. The lowest BCUT2D eigenvalue weighted by Crippen LogP contribution is -2.42. The van der Waals surface area contributed by atoms with E-state index in [4.69, 9.17) is 21.1 Å². The third-order valence-corrected chi connectivity index (χ3v) is 6.52. The normalized spacial score (nSPS) is 14.9. The van der Waals surface area contributed by atoms with Crippen molar-refractivity contribution in [1.82, 2.24) is 4.98 Å². The maximum Gasteiger partial charge on any atom is 0.266 e. The number of anilines is 1. The molecule has 1 aromatic carbocycles. The van der Waals surface area contributed by atoms with Gasteiger partial charge in [-0.05, 0) is 61.8 Å². The molecule has 1 aromatic heterocycles. The molecule has 2 aromatic rings. The highest BCUT2D eigenvalue weighted by Crippen LogP contribution is 2.35. The highest BCUT2D eigenvalue weighted by molar-refractivity contribution is 6.31. The molecule has 0 saturated carbocycles. The zero-order valence-corrected chi connectivity index (χ0v) is 21.4. The number of amides is 1. The largest absolute Gasteiger partial charge is 0.480 e. The Balaban J connectivity index is 1.62. The highest BCUT2D eigenvalue weighted by atomic mass is 35.5. The van der Waals surface area contributed by atoms with Crippen molar-refractivity contribution in [2.24, 2.45) is 11.8 Å². The highest BCUT2D eigenvalue weighted by Gasteiger charge is 2.29. The van der Waals surface area contributed by atoms with Crippen LogP contribution in [0.25, 0.3) is 11.1 Å². The quantitative estimate of drug-likeness (QED) is 0.330.